The van der Waals surface area contributed by atoms with Gasteiger partial charge in [0.1, 0.15) is 41.8 Å². The Hall–Kier alpha value is -3.31. The Morgan fingerprint density at radius 1 is 1.14 bits per heavy atom. The van der Waals surface area contributed by atoms with E-state index >= 15 is 4.39 Å². The van der Waals surface area contributed by atoms with Gasteiger partial charge in [-0.05, 0) is 62.4 Å². The first kappa shape index (κ1) is 26.3. The zero-order chi connectivity index (χ0) is 28.7. The summed E-state index contributed by atoms with van der Waals surface area (Å²) < 4.78 is 59.1. The van der Waals surface area contributed by atoms with Crippen molar-refractivity contribution in [3.63, 3.8) is 0 Å². The second-order valence-corrected chi connectivity index (χ2v) is 13.3. The van der Waals surface area contributed by atoms with Gasteiger partial charge in [0.15, 0.2) is 5.82 Å². The molecule has 2 aromatic carbocycles. The van der Waals surface area contributed by atoms with E-state index in [-0.39, 0.29) is 41.4 Å². The predicted octanol–water partition coefficient (Wildman–Crippen LogP) is 6.47. The zero-order valence-electron chi connectivity index (χ0n) is 23.3. The number of aromatic nitrogens is 2. The van der Waals surface area contributed by atoms with Crippen LogP contribution in [0.15, 0.2) is 24.3 Å². The number of hydrogen-bond donors (Lipinski definition) is 1. The van der Waals surface area contributed by atoms with Crippen LogP contribution < -0.4 is 20.1 Å². The first-order valence-corrected chi connectivity index (χ1v) is 15.6. The lowest BCUT2D eigenvalue weighted by Crippen LogP contribution is -2.45. The molecule has 1 saturated carbocycles. The van der Waals surface area contributed by atoms with Crippen molar-refractivity contribution < 1.29 is 22.6 Å². The highest BCUT2D eigenvalue weighted by atomic mass is 32.1. The lowest BCUT2D eigenvalue weighted by molar-refractivity contribution is 0.107. The molecule has 3 fully saturated rings. The average Bonchev–Trinajstić information content (AvgIpc) is 3.62. The SMILES string of the molecule is CN1c2nc(OC[C@@]34CCCN3C[C@H](F)C4)nc3c(F)c(-c4ccc(F)c5sc(N)cc45)cc(c23)OC2CCCCC21. The van der Waals surface area contributed by atoms with Crippen molar-refractivity contribution in [2.75, 3.05) is 37.4 Å². The van der Waals surface area contributed by atoms with E-state index in [1.54, 1.807) is 18.2 Å². The van der Waals surface area contributed by atoms with Crippen molar-refractivity contribution >= 4 is 43.1 Å². The molecule has 0 bridgehead atoms. The van der Waals surface area contributed by atoms with Crippen molar-refractivity contribution in [1.82, 2.24) is 14.9 Å². The van der Waals surface area contributed by atoms with Crippen molar-refractivity contribution in [2.45, 2.75) is 68.8 Å². The number of nitrogens with zero attached hydrogens (tertiary/aromatic N) is 4. The number of hydrogen-bond acceptors (Lipinski definition) is 8. The number of alkyl halides is 1. The van der Waals surface area contributed by atoms with Gasteiger partial charge in [-0.1, -0.05) is 12.5 Å². The molecule has 2 N–H and O–H groups in total. The number of fused-ring (bicyclic) bond motifs is 3. The normalized spacial score (nSPS) is 27.2. The van der Waals surface area contributed by atoms with Crippen molar-refractivity contribution in [1.29, 1.82) is 0 Å². The van der Waals surface area contributed by atoms with Crippen LogP contribution in [0.3, 0.4) is 0 Å². The van der Waals surface area contributed by atoms with Crippen LogP contribution in [0.1, 0.15) is 44.9 Å². The van der Waals surface area contributed by atoms with Crippen LogP contribution in [0.2, 0.25) is 0 Å². The number of likely N-dealkylation sites (N-methyl/N-ethyl adjacent to an activating group) is 1. The van der Waals surface area contributed by atoms with Crippen LogP contribution in [0.25, 0.3) is 32.1 Å². The Balaban J connectivity index is 1.30. The quantitative estimate of drug-likeness (QED) is 0.290. The molecule has 42 heavy (non-hydrogen) atoms. The minimum Gasteiger partial charge on any atom is -0.487 e. The fourth-order valence-electron chi connectivity index (χ4n) is 7.79. The van der Waals surface area contributed by atoms with Gasteiger partial charge in [0.25, 0.3) is 0 Å². The Labute approximate surface area is 245 Å². The topological polar surface area (TPSA) is 76.7 Å². The molecule has 2 saturated heterocycles. The van der Waals surface area contributed by atoms with Crippen LogP contribution in [-0.2, 0) is 0 Å². The summed E-state index contributed by atoms with van der Waals surface area (Å²) in [7, 11) is 1.97. The zero-order valence-corrected chi connectivity index (χ0v) is 24.2. The molecule has 2 unspecified atom stereocenters. The van der Waals surface area contributed by atoms with Crippen LogP contribution in [0.5, 0.6) is 11.8 Å². The Bertz CT molecular complexity index is 1730. The molecule has 11 heteroatoms. The maximum atomic E-state index is 16.7. The van der Waals surface area contributed by atoms with Gasteiger partial charge in [-0.15, -0.1) is 11.3 Å². The Kier molecular flexibility index (Phi) is 6.02. The van der Waals surface area contributed by atoms with Gasteiger partial charge < -0.3 is 20.1 Å². The molecule has 0 spiro atoms. The minimum absolute atomic E-state index is 0.0591. The summed E-state index contributed by atoms with van der Waals surface area (Å²) in [5.41, 5.74) is 6.51. The van der Waals surface area contributed by atoms with Gasteiger partial charge in [0.2, 0.25) is 0 Å². The van der Waals surface area contributed by atoms with Crippen LogP contribution >= 0.6 is 11.3 Å². The molecule has 4 aliphatic rings. The highest BCUT2D eigenvalue weighted by Gasteiger charge is 2.49. The van der Waals surface area contributed by atoms with Gasteiger partial charge in [0.05, 0.1) is 26.7 Å². The number of anilines is 2. The molecule has 4 atom stereocenters. The van der Waals surface area contributed by atoms with Gasteiger partial charge in [-0.25, -0.2) is 13.2 Å². The van der Waals surface area contributed by atoms with Crippen molar-refractivity contribution in [3.05, 3.63) is 35.9 Å². The van der Waals surface area contributed by atoms with E-state index in [1.165, 1.54) is 6.07 Å². The third-order valence-corrected chi connectivity index (χ3v) is 10.8. The van der Waals surface area contributed by atoms with E-state index in [4.69, 9.17) is 20.2 Å². The average molecular weight is 596 g/mol. The second kappa shape index (κ2) is 9.60. The summed E-state index contributed by atoms with van der Waals surface area (Å²) in [5.74, 6) is 0.0962. The van der Waals surface area contributed by atoms with E-state index in [1.807, 2.05) is 7.05 Å². The first-order chi connectivity index (χ1) is 20.3. The maximum absolute atomic E-state index is 16.7. The molecule has 3 aliphatic heterocycles. The molecule has 7 nitrogen and oxygen atoms in total. The highest BCUT2D eigenvalue weighted by Crippen LogP contribution is 2.47. The third-order valence-electron chi connectivity index (χ3n) is 9.79. The van der Waals surface area contributed by atoms with Gasteiger partial charge >= 0.3 is 6.01 Å². The van der Waals surface area contributed by atoms with E-state index < -0.39 is 17.8 Å². The standard InChI is InChI=1S/C31H32F3N5O2S/c1-38-21-5-2-3-6-22(21)41-23-11-18(17-7-8-20(33)28-19(17)12-24(35)42-28)26(34)27-25(23)29(38)37-30(36-27)40-15-31-9-4-10-39(31)14-16(32)13-31/h7-8,11-12,16,21-22H,2-6,9-10,13-15,35H2,1H3/t16-,21?,22?,31+/m1/s1. The molecule has 2 aromatic heterocycles. The molecular weight excluding hydrogens is 563 g/mol. The van der Waals surface area contributed by atoms with Crippen LogP contribution in [0, 0.1) is 11.6 Å². The lowest BCUT2D eigenvalue weighted by atomic mass is 9.91. The van der Waals surface area contributed by atoms with Crippen LogP contribution in [-0.4, -0.2) is 65.5 Å². The molecule has 4 aromatic rings. The summed E-state index contributed by atoms with van der Waals surface area (Å²) >= 11 is 1.13. The van der Waals surface area contributed by atoms with Gasteiger partial charge in [-0.2, -0.15) is 9.97 Å². The van der Waals surface area contributed by atoms with E-state index in [0.717, 1.165) is 56.4 Å². The summed E-state index contributed by atoms with van der Waals surface area (Å²) in [6, 6.07) is 6.42. The summed E-state index contributed by atoms with van der Waals surface area (Å²) in [5, 5.41) is 1.48. The number of thiophene rings is 1. The molecule has 5 heterocycles. The molecule has 1 aliphatic carbocycles. The molecular formula is C31H32F3N5O2S. The van der Waals surface area contributed by atoms with Gasteiger partial charge in [-0.3, -0.25) is 4.90 Å². The molecule has 220 valence electrons. The fourth-order valence-corrected chi connectivity index (χ4v) is 8.64. The number of ether oxygens (including phenoxy) is 2. The highest BCUT2D eigenvalue weighted by molar-refractivity contribution is 7.22. The number of nitrogen functional groups attached to an aromatic ring is 1. The third kappa shape index (κ3) is 3.96. The number of halogens is 3. The lowest BCUT2D eigenvalue weighted by Gasteiger charge is -2.36. The molecule has 0 radical (unpaired) electrons. The van der Waals surface area contributed by atoms with Gasteiger partial charge in [0, 0.05) is 31.0 Å². The van der Waals surface area contributed by atoms with E-state index in [2.05, 4.69) is 14.8 Å². The largest absolute Gasteiger partial charge is 0.487 e. The second-order valence-electron chi connectivity index (χ2n) is 12.3. The summed E-state index contributed by atoms with van der Waals surface area (Å²) in [6.07, 6.45) is 5.18. The van der Waals surface area contributed by atoms with Crippen LogP contribution in [0.4, 0.5) is 24.0 Å². The number of benzene rings is 2. The summed E-state index contributed by atoms with van der Waals surface area (Å²) in [4.78, 5) is 13.7. The Morgan fingerprint density at radius 3 is 2.88 bits per heavy atom. The van der Waals surface area contributed by atoms with Crippen molar-refractivity contribution in [2.24, 2.45) is 0 Å². The predicted molar refractivity (Wildman–Crippen MR) is 158 cm³/mol. The number of rotatable bonds is 4. The smallest absolute Gasteiger partial charge is 0.319 e. The van der Waals surface area contributed by atoms with E-state index in [0.29, 0.717) is 50.6 Å². The van der Waals surface area contributed by atoms with Crippen molar-refractivity contribution in [3.8, 4) is 22.9 Å². The maximum Gasteiger partial charge on any atom is 0.319 e. The minimum atomic E-state index is -0.885. The monoisotopic (exact) mass is 595 g/mol. The first-order valence-electron chi connectivity index (χ1n) is 14.7. The Morgan fingerprint density at radius 2 is 2.00 bits per heavy atom. The molecule has 0 amide bonds. The fraction of sp³-hybridized carbons (Fsp3) is 0.484. The number of nitrogens with two attached hydrogens (primary N) is 1. The summed E-state index contributed by atoms with van der Waals surface area (Å²) in [6.45, 7) is 1.50. The molecule has 8 rings (SSSR count). The van der Waals surface area contributed by atoms with E-state index in [9.17, 15) is 8.78 Å².